The van der Waals surface area contributed by atoms with Crippen molar-refractivity contribution < 1.29 is 27.8 Å². The lowest BCUT2D eigenvalue weighted by Gasteiger charge is -2.32. The lowest BCUT2D eigenvalue weighted by atomic mass is 9.98. The SMILES string of the molecule is O=C(O)c1cncc(OCc2cccc(-c3cccc(CN4CCCc5ccc(C(F)(F)F)cc54)c3)n2)c1. The largest absolute Gasteiger partial charge is 0.486 e. The molecule has 194 valence electrons. The van der Waals surface area contributed by atoms with Crippen molar-refractivity contribution in [1.29, 1.82) is 0 Å². The molecule has 0 saturated carbocycles. The number of aromatic carboxylic acids is 1. The zero-order valence-corrected chi connectivity index (χ0v) is 20.3. The van der Waals surface area contributed by atoms with Crippen LogP contribution < -0.4 is 9.64 Å². The molecule has 0 aliphatic carbocycles. The fourth-order valence-corrected chi connectivity index (χ4v) is 4.53. The number of carboxylic acid groups (broad SMARTS) is 1. The number of benzene rings is 2. The van der Waals surface area contributed by atoms with Crippen molar-refractivity contribution in [2.24, 2.45) is 0 Å². The van der Waals surface area contributed by atoms with Crippen LogP contribution in [0.5, 0.6) is 5.75 Å². The Balaban J connectivity index is 1.32. The van der Waals surface area contributed by atoms with Gasteiger partial charge in [-0.1, -0.05) is 30.3 Å². The summed E-state index contributed by atoms with van der Waals surface area (Å²) in [6, 6.07) is 18.8. The third-order valence-corrected chi connectivity index (χ3v) is 6.38. The molecule has 0 amide bonds. The summed E-state index contributed by atoms with van der Waals surface area (Å²) in [5, 5.41) is 9.12. The molecule has 9 heteroatoms. The van der Waals surface area contributed by atoms with Gasteiger partial charge >= 0.3 is 12.1 Å². The second kappa shape index (κ2) is 10.5. The molecular formula is C29H24F3N3O3. The Kier molecular flexibility index (Phi) is 7.00. The summed E-state index contributed by atoms with van der Waals surface area (Å²) in [7, 11) is 0. The molecular weight excluding hydrogens is 495 g/mol. The topological polar surface area (TPSA) is 75.6 Å². The Bertz CT molecular complexity index is 1470. The monoisotopic (exact) mass is 519 g/mol. The number of hydrogen-bond acceptors (Lipinski definition) is 5. The van der Waals surface area contributed by atoms with Gasteiger partial charge in [-0.05, 0) is 60.4 Å². The van der Waals surface area contributed by atoms with Gasteiger partial charge in [0.1, 0.15) is 12.4 Å². The lowest BCUT2D eigenvalue weighted by molar-refractivity contribution is -0.137. The highest BCUT2D eigenvalue weighted by molar-refractivity contribution is 5.87. The van der Waals surface area contributed by atoms with Gasteiger partial charge in [0, 0.05) is 30.5 Å². The number of ether oxygens (including phenoxy) is 1. The fourth-order valence-electron chi connectivity index (χ4n) is 4.53. The summed E-state index contributed by atoms with van der Waals surface area (Å²) < 4.78 is 45.7. The third-order valence-electron chi connectivity index (χ3n) is 6.38. The second-order valence-electron chi connectivity index (χ2n) is 9.08. The second-order valence-corrected chi connectivity index (χ2v) is 9.08. The van der Waals surface area contributed by atoms with Crippen LogP contribution in [-0.4, -0.2) is 27.6 Å². The zero-order valence-electron chi connectivity index (χ0n) is 20.3. The van der Waals surface area contributed by atoms with Gasteiger partial charge in [-0.2, -0.15) is 13.2 Å². The van der Waals surface area contributed by atoms with Crippen LogP contribution in [0.3, 0.4) is 0 Å². The molecule has 0 bridgehead atoms. The van der Waals surface area contributed by atoms with E-state index in [1.54, 1.807) is 6.07 Å². The molecule has 5 rings (SSSR count). The third kappa shape index (κ3) is 5.77. The first-order valence-corrected chi connectivity index (χ1v) is 12.1. The van der Waals surface area contributed by atoms with E-state index in [-0.39, 0.29) is 12.2 Å². The number of nitrogens with zero attached hydrogens (tertiary/aromatic N) is 3. The summed E-state index contributed by atoms with van der Waals surface area (Å²) in [4.78, 5) is 21.7. The Morgan fingerprint density at radius 3 is 2.68 bits per heavy atom. The summed E-state index contributed by atoms with van der Waals surface area (Å²) >= 11 is 0. The minimum Gasteiger partial charge on any atom is -0.486 e. The van der Waals surface area contributed by atoms with Crippen molar-refractivity contribution >= 4 is 11.7 Å². The number of alkyl halides is 3. The molecule has 0 fully saturated rings. The van der Waals surface area contributed by atoms with Gasteiger partial charge in [-0.3, -0.25) is 4.98 Å². The van der Waals surface area contributed by atoms with Crippen molar-refractivity contribution in [3.05, 3.63) is 107 Å². The van der Waals surface area contributed by atoms with E-state index >= 15 is 0 Å². The Morgan fingerprint density at radius 1 is 1.03 bits per heavy atom. The number of aromatic nitrogens is 2. The van der Waals surface area contributed by atoms with Crippen LogP contribution in [0.2, 0.25) is 0 Å². The molecule has 0 atom stereocenters. The van der Waals surface area contributed by atoms with Gasteiger partial charge in [0.05, 0.1) is 28.7 Å². The van der Waals surface area contributed by atoms with E-state index < -0.39 is 17.7 Å². The number of hydrogen-bond donors (Lipinski definition) is 1. The maximum absolute atomic E-state index is 13.3. The molecule has 1 aliphatic heterocycles. The summed E-state index contributed by atoms with van der Waals surface area (Å²) in [5.74, 6) is -0.758. The van der Waals surface area contributed by atoms with E-state index in [0.717, 1.165) is 41.3 Å². The molecule has 38 heavy (non-hydrogen) atoms. The maximum atomic E-state index is 13.3. The lowest BCUT2D eigenvalue weighted by Crippen LogP contribution is -2.29. The van der Waals surface area contributed by atoms with Crippen molar-refractivity contribution in [3.63, 3.8) is 0 Å². The molecule has 1 aliphatic rings. The number of carbonyl (C=O) groups is 1. The highest BCUT2D eigenvalue weighted by Gasteiger charge is 2.32. The molecule has 4 aromatic rings. The van der Waals surface area contributed by atoms with Gasteiger partial charge in [-0.25, -0.2) is 9.78 Å². The van der Waals surface area contributed by atoms with Crippen molar-refractivity contribution in [3.8, 4) is 17.0 Å². The van der Waals surface area contributed by atoms with Gasteiger partial charge in [0.25, 0.3) is 0 Å². The maximum Gasteiger partial charge on any atom is 0.416 e. The van der Waals surface area contributed by atoms with E-state index in [1.165, 1.54) is 24.5 Å². The summed E-state index contributed by atoms with van der Waals surface area (Å²) in [5.41, 5.74) is 4.18. The fraction of sp³-hybridized carbons (Fsp3) is 0.207. The highest BCUT2D eigenvalue weighted by Crippen LogP contribution is 2.36. The molecule has 2 aromatic carbocycles. The van der Waals surface area contributed by atoms with Crippen LogP contribution >= 0.6 is 0 Å². The molecule has 0 unspecified atom stereocenters. The number of carboxylic acids is 1. The number of rotatable bonds is 7. The molecule has 6 nitrogen and oxygen atoms in total. The molecule has 0 spiro atoms. The minimum absolute atomic E-state index is 0.0342. The standard InChI is InChI=1S/C29H24F3N3O3/c30-29(31,32)23-10-9-20-6-3-11-35(27(20)14-23)17-19-4-1-5-21(12-19)26-8-2-7-24(34-26)18-38-25-13-22(28(36)37)15-33-16-25/h1-2,4-5,7-10,12-16H,3,6,11,17-18H2,(H,36,37). The quantitative estimate of drug-likeness (QED) is 0.305. The van der Waals surface area contributed by atoms with E-state index in [4.69, 9.17) is 9.84 Å². The summed E-state index contributed by atoms with van der Waals surface area (Å²) in [6.07, 6.45) is -0.0466. The molecule has 1 N–H and O–H groups in total. The van der Waals surface area contributed by atoms with E-state index in [2.05, 4.69) is 9.97 Å². The minimum atomic E-state index is -4.38. The van der Waals surface area contributed by atoms with Crippen molar-refractivity contribution in [2.45, 2.75) is 32.2 Å². The van der Waals surface area contributed by atoms with Crippen LogP contribution in [0.1, 0.15) is 39.2 Å². The van der Waals surface area contributed by atoms with Crippen LogP contribution in [0.4, 0.5) is 18.9 Å². The normalized spacial score (nSPS) is 13.2. The van der Waals surface area contributed by atoms with Gasteiger partial charge in [0.15, 0.2) is 0 Å². The van der Waals surface area contributed by atoms with Crippen LogP contribution in [0.15, 0.2) is 79.1 Å². The van der Waals surface area contributed by atoms with Crippen molar-refractivity contribution in [1.82, 2.24) is 9.97 Å². The molecule has 3 heterocycles. The molecule has 2 aromatic heterocycles. The number of anilines is 1. The Morgan fingerprint density at radius 2 is 1.87 bits per heavy atom. The number of fused-ring (bicyclic) bond motifs is 1. The number of halogens is 3. The van der Waals surface area contributed by atoms with Gasteiger partial charge in [-0.15, -0.1) is 0 Å². The predicted octanol–water partition coefficient (Wildman–Crippen LogP) is 6.39. The highest BCUT2D eigenvalue weighted by atomic mass is 19.4. The summed E-state index contributed by atoms with van der Waals surface area (Å²) in [6.45, 7) is 1.30. The first-order chi connectivity index (χ1) is 18.3. The van der Waals surface area contributed by atoms with E-state index in [9.17, 15) is 18.0 Å². The van der Waals surface area contributed by atoms with E-state index in [1.807, 2.05) is 47.4 Å². The Labute approximate surface area is 217 Å². The molecule has 0 saturated heterocycles. The first kappa shape index (κ1) is 25.3. The van der Waals surface area contributed by atoms with Crippen LogP contribution in [-0.2, 0) is 25.7 Å². The van der Waals surface area contributed by atoms with Gasteiger partial charge < -0.3 is 14.7 Å². The predicted molar refractivity (Wildman–Crippen MR) is 136 cm³/mol. The zero-order chi connectivity index (χ0) is 26.7. The first-order valence-electron chi connectivity index (χ1n) is 12.1. The van der Waals surface area contributed by atoms with Crippen LogP contribution in [0.25, 0.3) is 11.3 Å². The number of pyridine rings is 2. The van der Waals surface area contributed by atoms with Crippen LogP contribution in [0, 0.1) is 0 Å². The average molecular weight is 520 g/mol. The molecule has 0 radical (unpaired) electrons. The smallest absolute Gasteiger partial charge is 0.416 e. The van der Waals surface area contributed by atoms with E-state index in [0.29, 0.717) is 30.2 Å². The van der Waals surface area contributed by atoms with Gasteiger partial charge in [0.2, 0.25) is 0 Å². The number of aryl methyl sites for hydroxylation is 1. The van der Waals surface area contributed by atoms with Crippen molar-refractivity contribution in [2.75, 3.05) is 11.4 Å². The Hall–Kier alpha value is -4.40. The average Bonchev–Trinajstić information content (AvgIpc) is 2.92.